The predicted octanol–water partition coefficient (Wildman–Crippen LogP) is 2.58. The van der Waals surface area contributed by atoms with Gasteiger partial charge in [-0.25, -0.2) is 0 Å². The largest absolute Gasteiger partial charge is 0.523 e. The van der Waals surface area contributed by atoms with Crippen molar-refractivity contribution in [2.24, 2.45) is 0 Å². The fourth-order valence-electron chi connectivity index (χ4n) is 3.54. The third kappa shape index (κ3) is 12.6. The molecule has 0 N–H and O–H groups in total. The third-order valence-electron chi connectivity index (χ3n) is 5.83. The lowest BCUT2D eigenvalue weighted by molar-refractivity contribution is -0.136. The van der Waals surface area contributed by atoms with Gasteiger partial charge in [0.2, 0.25) is 0 Å². The highest BCUT2D eigenvalue weighted by atomic mass is 32.2. The normalized spacial score (nSPS) is 25.4. The van der Waals surface area contributed by atoms with E-state index in [-0.39, 0.29) is 0 Å². The summed E-state index contributed by atoms with van der Waals surface area (Å²) in [5, 5.41) is 0. The molecule has 0 aromatic heterocycles. The van der Waals surface area contributed by atoms with E-state index < -0.39 is 150 Å². The fraction of sp³-hybridized carbons (Fsp3) is 1.00. The average molecular weight is 1010 g/mol. The molecule has 0 bridgehead atoms. The van der Waals surface area contributed by atoms with Crippen molar-refractivity contribution in [2.45, 2.75) is 88.9 Å². The zero-order chi connectivity index (χ0) is 45.8. The third-order valence-corrected chi connectivity index (χ3v) is 12.1. The van der Waals surface area contributed by atoms with Crippen LogP contribution in [0.3, 0.4) is 0 Å². The maximum Gasteiger partial charge on any atom is 0.523 e. The van der Waals surface area contributed by atoms with Crippen LogP contribution in [0.4, 0.5) is 79.0 Å². The standard InChI is InChI=1S/C15H12F18O18S6/c16-10(17,18)52(34,35)46-4-2-1-3-5(47-53(36,37)11(19,20)21)7(49-55(40,41)13(25,26)27)9(51-57(44,45)15(31,32)33)8(50-56(42,43)14(28,29)30)6(4)48-54(38,39)12(22,23)24/h4-9H,1-3H2. The predicted molar refractivity (Wildman–Crippen MR) is 133 cm³/mol. The summed E-state index contributed by atoms with van der Waals surface area (Å²) in [4.78, 5) is 0. The average Bonchev–Trinajstić information content (AvgIpc) is 2.95. The van der Waals surface area contributed by atoms with Crippen LogP contribution in [0.15, 0.2) is 0 Å². The zero-order valence-corrected chi connectivity index (χ0v) is 30.1. The highest BCUT2D eigenvalue weighted by molar-refractivity contribution is 7.89. The van der Waals surface area contributed by atoms with E-state index in [0.717, 1.165) is 0 Å². The Bertz CT molecular complexity index is 1960. The molecule has 42 heteroatoms. The van der Waals surface area contributed by atoms with Crippen LogP contribution >= 0.6 is 0 Å². The highest BCUT2D eigenvalue weighted by Crippen LogP contribution is 2.42. The first-order chi connectivity index (χ1) is 24.6. The molecule has 342 valence electrons. The number of halogens is 18. The molecule has 0 saturated heterocycles. The SMILES string of the molecule is O=S(=O)(OC1CCCC(OS(=O)(=O)C(F)(F)F)C(OS(=O)(=O)C(F)(F)F)C(OS(=O)(=O)C(F)(F)F)C(OS(=O)(=O)C(F)(F)F)C1OS(=O)(=O)C(F)(F)F)C(F)(F)F. The monoisotopic (exact) mass is 1010 g/mol. The van der Waals surface area contributed by atoms with E-state index in [1.54, 1.807) is 0 Å². The van der Waals surface area contributed by atoms with Gasteiger partial charge in [0.25, 0.3) is 0 Å². The number of rotatable bonds is 12. The minimum Gasteiger partial charge on any atom is -0.257 e. The summed E-state index contributed by atoms with van der Waals surface area (Å²) in [5.74, 6) is 0. The first-order valence-corrected chi connectivity index (χ1v) is 21.0. The van der Waals surface area contributed by atoms with Crippen molar-refractivity contribution in [1.29, 1.82) is 0 Å². The Balaban J connectivity index is 4.90. The first-order valence-electron chi connectivity index (χ1n) is 12.5. The van der Waals surface area contributed by atoms with Crippen LogP contribution < -0.4 is 0 Å². The van der Waals surface area contributed by atoms with Crippen LogP contribution in [0, 0.1) is 0 Å². The fourth-order valence-corrected chi connectivity index (χ4v) is 7.33. The van der Waals surface area contributed by atoms with Crippen LogP contribution in [0.5, 0.6) is 0 Å². The number of hydrogen-bond donors (Lipinski definition) is 0. The van der Waals surface area contributed by atoms with Gasteiger partial charge in [-0.1, -0.05) is 0 Å². The van der Waals surface area contributed by atoms with Crippen LogP contribution in [0.2, 0.25) is 0 Å². The van der Waals surface area contributed by atoms with Gasteiger partial charge in [0.15, 0.2) is 0 Å². The Kier molecular flexibility index (Phi) is 15.2. The lowest BCUT2D eigenvalue weighted by Crippen LogP contribution is -2.60. The Labute approximate surface area is 304 Å². The van der Waals surface area contributed by atoms with Crippen LogP contribution in [-0.2, 0) is 85.8 Å². The van der Waals surface area contributed by atoms with Crippen molar-refractivity contribution in [2.75, 3.05) is 0 Å². The van der Waals surface area contributed by atoms with E-state index >= 15 is 0 Å². The highest BCUT2D eigenvalue weighted by Gasteiger charge is 2.64. The van der Waals surface area contributed by atoms with Gasteiger partial charge in [-0.15, -0.1) is 0 Å². The molecular formula is C15H12F18O18S6. The molecule has 0 aliphatic heterocycles. The molecular weight excluding hydrogens is 1000 g/mol. The summed E-state index contributed by atoms with van der Waals surface area (Å²) in [6, 6.07) is 0. The Morgan fingerprint density at radius 2 is 0.439 bits per heavy atom. The maximum atomic E-state index is 13.5. The Morgan fingerprint density at radius 3 is 0.614 bits per heavy atom. The van der Waals surface area contributed by atoms with Crippen molar-refractivity contribution in [3.8, 4) is 0 Å². The molecule has 0 aromatic rings. The van der Waals surface area contributed by atoms with Gasteiger partial charge in [-0.2, -0.15) is 130 Å². The summed E-state index contributed by atoms with van der Waals surface area (Å²) in [6.07, 6.45) is -36.7. The van der Waals surface area contributed by atoms with Crippen LogP contribution in [0.25, 0.3) is 0 Å². The topological polar surface area (TPSA) is 260 Å². The van der Waals surface area contributed by atoms with Crippen molar-refractivity contribution >= 4 is 60.7 Å². The molecule has 1 rings (SSSR count). The summed E-state index contributed by atoms with van der Waals surface area (Å²) in [5.41, 5.74) is -43.1. The minimum absolute atomic E-state index is 2.11. The molecule has 0 heterocycles. The van der Waals surface area contributed by atoms with Crippen molar-refractivity contribution < 1.29 is 155 Å². The lowest BCUT2D eigenvalue weighted by atomic mass is 9.97. The summed E-state index contributed by atoms with van der Waals surface area (Å²) in [6.45, 7) is 0. The quantitative estimate of drug-likeness (QED) is 0.155. The maximum absolute atomic E-state index is 13.5. The summed E-state index contributed by atoms with van der Waals surface area (Å²) in [7, 11) is -48.1. The van der Waals surface area contributed by atoms with Crippen LogP contribution in [-0.4, -0.2) is 120 Å². The Hall–Kier alpha value is -1.80. The van der Waals surface area contributed by atoms with Crippen molar-refractivity contribution in [1.82, 2.24) is 0 Å². The van der Waals surface area contributed by atoms with E-state index in [9.17, 15) is 130 Å². The minimum atomic E-state index is -8.26. The lowest BCUT2D eigenvalue weighted by Gasteiger charge is -2.38. The second-order valence-electron chi connectivity index (χ2n) is 9.84. The molecule has 1 aliphatic carbocycles. The summed E-state index contributed by atoms with van der Waals surface area (Å²) < 4.78 is 402. The molecule has 18 nitrogen and oxygen atoms in total. The Morgan fingerprint density at radius 1 is 0.281 bits per heavy atom. The number of hydrogen-bond acceptors (Lipinski definition) is 18. The molecule has 1 fully saturated rings. The molecule has 0 radical (unpaired) electrons. The second-order valence-corrected chi connectivity index (χ2v) is 19.2. The molecule has 1 aliphatic rings. The van der Waals surface area contributed by atoms with Gasteiger partial charge in [-0.3, -0.25) is 25.1 Å². The van der Waals surface area contributed by atoms with E-state index in [2.05, 4.69) is 25.1 Å². The molecule has 6 unspecified atom stereocenters. The van der Waals surface area contributed by atoms with E-state index in [0.29, 0.717) is 0 Å². The molecule has 57 heavy (non-hydrogen) atoms. The van der Waals surface area contributed by atoms with Gasteiger partial charge in [0.1, 0.15) is 36.6 Å². The van der Waals surface area contributed by atoms with Crippen molar-refractivity contribution in [3.05, 3.63) is 0 Å². The van der Waals surface area contributed by atoms with E-state index in [4.69, 9.17) is 0 Å². The van der Waals surface area contributed by atoms with Crippen LogP contribution in [0.1, 0.15) is 19.3 Å². The van der Waals surface area contributed by atoms with Gasteiger partial charge in [-0.05, 0) is 19.3 Å². The molecule has 0 aromatic carbocycles. The smallest absolute Gasteiger partial charge is 0.257 e. The van der Waals surface area contributed by atoms with E-state index in [1.807, 2.05) is 0 Å². The van der Waals surface area contributed by atoms with Gasteiger partial charge in [0.05, 0.1) is 0 Å². The second kappa shape index (κ2) is 16.2. The molecule has 6 atom stereocenters. The first kappa shape index (κ1) is 53.2. The number of alkyl halides is 18. The molecule has 1 saturated carbocycles. The summed E-state index contributed by atoms with van der Waals surface area (Å²) >= 11 is 0. The molecule has 0 amide bonds. The van der Waals surface area contributed by atoms with E-state index in [1.165, 1.54) is 0 Å². The zero-order valence-electron chi connectivity index (χ0n) is 25.2. The van der Waals surface area contributed by atoms with Gasteiger partial charge >= 0.3 is 93.8 Å². The molecule has 0 spiro atoms. The van der Waals surface area contributed by atoms with Gasteiger partial charge < -0.3 is 0 Å². The van der Waals surface area contributed by atoms with Gasteiger partial charge in [0, 0.05) is 0 Å². The van der Waals surface area contributed by atoms with Crippen molar-refractivity contribution in [3.63, 3.8) is 0 Å².